The number of rotatable bonds is 9. The first kappa shape index (κ1) is 24.5. The van der Waals surface area contributed by atoms with Crippen LogP contribution in [0.1, 0.15) is 17.9 Å². The number of benzene rings is 1. The van der Waals surface area contributed by atoms with Crippen molar-refractivity contribution in [2.45, 2.75) is 20.0 Å². The first-order valence-corrected chi connectivity index (χ1v) is 11.1. The van der Waals surface area contributed by atoms with E-state index in [1.807, 2.05) is 0 Å². The normalized spacial score (nSPS) is 22.0. The average Bonchev–Trinajstić information content (AvgIpc) is 3.45. The minimum Gasteiger partial charge on any atom is -0.504 e. The highest BCUT2D eigenvalue weighted by Crippen LogP contribution is 2.62. The van der Waals surface area contributed by atoms with Gasteiger partial charge < -0.3 is 19.1 Å². The molecule has 1 amide bonds. The summed E-state index contributed by atoms with van der Waals surface area (Å²) in [5.41, 5.74) is 1.52. The number of hydrogen-bond acceptors (Lipinski definition) is 6. The Morgan fingerprint density at radius 1 is 1.23 bits per heavy atom. The molecule has 2 aliphatic rings. The van der Waals surface area contributed by atoms with Crippen LogP contribution in [-0.2, 0) is 20.9 Å². The number of allylic oxidation sites excluding steroid dienone is 4. The largest absolute Gasteiger partial charge is 0.504 e. The Hall–Kier alpha value is -3.59. The molecular formula is C26H27F2N3O4. The van der Waals surface area contributed by atoms with E-state index in [0.717, 1.165) is 0 Å². The summed E-state index contributed by atoms with van der Waals surface area (Å²) in [6, 6.07) is 5.69. The molecule has 1 saturated carbocycles. The molecule has 1 heterocycles. The van der Waals surface area contributed by atoms with Crippen LogP contribution < -0.4 is 9.64 Å². The second-order valence-electron chi connectivity index (χ2n) is 8.63. The smallest absolute Gasteiger partial charge is 0.230 e. The van der Waals surface area contributed by atoms with Gasteiger partial charge in [-0.2, -0.15) is 0 Å². The zero-order valence-corrected chi connectivity index (χ0v) is 20.0. The molecule has 0 radical (unpaired) electrons. The summed E-state index contributed by atoms with van der Waals surface area (Å²) in [6.07, 6.45) is 6.26. The van der Waals surface area contributed by atoms with Crippen LogP contribution in [0.2, 0.25) is 0 Å². The number of amides is 1. The first-order chi connectivity index (χ1) is 16.8. The van der Waals surface area contributed by atoms with Crippen LogP contribution in [0.4, 0.5) is 14.5 Å². The fourth-order valence-corrected chi connectivity index (χ4v) is 4.41. The van der Waals surface area contributed by atoms with E-state index in [9.17, 15) is 13.6 Å². The van der Waals surface area contributed by atoms with Crippen LogP contribution in [0.15, 0.2) is 65.8 Å². The van der Waals surface area contributed by atoms with Crippen LogP contribution in [0.3, 0.4) is 0 Å². The van der Waals surface area contributed by atoms with E-state index >= 15 is 0 Å². The molecule has 184 valence electrons. The lowest BCUT2D eigenvalue weighted by Gasteiger charge is -2.24. The Balaban J connectivity index is 1.64. The fourth-order valence-electron chi connectivity index (χ4n) is 4.41. The number of methoxy groups -OCH3 is 2. The van der Waals surface area contributed by atoms with E-state index in [1.54, 1.807) is 39.4 Å². The third-order valence-electron chi connectivity index (χ3n) is 6.30. The molecule has 1 fully saturated rings. The molecule has 1 aromatic heterocycles. The molecule has 0 spiro atoms. The molecule has 0 saturated heterocycles. The summed E-state index contributed by atoms with van der Waals surface area (Å²) in [5.74, 6) is -0.460. The molecule has 35 heavy (non-hydrogen) atoms. The van der Waals surface area contributed by atoms with Gasteiger partial charge in [-0.3, -0.25) is 4.79 Å². The van der Waals surface area contributed by atoms with Crippen molar-refractivity contribution in [1.82, 2.24) is 9.97 Å². The summed E-state index contributed by atoms with van der Waals surface area (Å²) in [6.45, 7) is 2.10. The van der Waals surface area contributed by atoms with Crippen molar-refractivity contribution < 1.29 is 27.8 Å². The molecule has 0 N–H and O–H groups in total. The number of anilines is 1. The number of carbonyl (C=O) groups excluding carboxylic acids is 1. The maximum atomic E-state index is 14.3. The number of nitrogens with zero attached hydrogens (tertiary/aromatic N) is 3. The van der Waals surface area contributed by atoms with Gasteiger partial charge in [-0.05, 0) is 55.3 Å². The van der Waals surface area contributed by atoms with Gasteiger partial charge in [0.1, 0.15) is 23.2 Å². The van der Waals surface area contributed by atoms with E-state index in [-0.39, 0.29) is 24.9 Å². The summed E-state index contributed by atoms with van der Waals surface area (Å²) >= 11 is 0. The molecule has 2 aliphatic carbocycles. The van der Waals surface area contributed by atoms with E-state index in [0.29, 0.717) is 40.5 Å². The molecule has 0 unspecified atom stereocenters. The fraction of sp³-hybridized carbons (Fsp3) is 0.346. The van der Waals surface area contributed by atoms with E-state index < -0.39 is 17.2 Å². The van der Waals surface area contributed by atoms with Gasteiger partial charge >= 0.3 is 0 Å². The Morgan fingerprint density at radius 3 is 2.66 bits per heavy atom. The molecule has 0 aliphatic heterocycles. The van der Waals surface area contributed by atoms with Crippen molar-refractivity contribution >= 4 is 11.6 Å². The molecule has 2 aromatic rings. The monoisotopic (exact) mass is 483 g/mol. The molecule has 7 nitrogen and oxygen atoms in total. The van der Waals surface area contributed by atoms with Gasteiger partial charge in [0, 0.05) is 30.8 Å². The average molecular weight is 484 g/mol. The highest BCUT2D eigenvalue weighted by atomic mass is 19.1. The summed E-state index contributed by atoms with van der Waals surface area (Å²) in [7, 11) is 4.68. The number of aryl methyl sites for hydroxylation is 1. The quantitative estimate of drug-likeness (QED) is 0.491. The lowest BCUT2D eigenvalue weighted by atomic mass is 9.89. The molecule has 4 rings (SSSR count). The zero-order chi connectivity index (χ0) is 25.2. The van der Waals surface area contributed by atoms with Crippen molar-refractivity contribution in [2.24, 2.45) is 11.3 Å². The van der Waals surface area contributed by atoms with Crippen LogP contribution in [0, 0.1) is 24.1 Å². The van der Waals surface area contributed by atoms with Gasteiger partial charge in [0.15, 0.2) is 5.75 Å². The van der Waals surface area contributed by atoms with Gasteiger partial charge in [0.2, 0.25) is 5.91 Å². The van der Waals surface area contributed by atoms with Crippen molar-refractivity contribution in [1.29, 1.82) is 0 Å². The van der Waals surface area contributed by atoms with Crippen molar-refractivity contribution in [3.05, 3.63) is 83.2 Å². The highest BCUT2D eigenvalue weighted by molar-refractivity contribution is 5.97. The minimum absolute atomic E-state index is 0.0950. The maximum absolute atomic E-state index is 14.3. The molecule has 2 atom stereocenters. The van der Waals surface area contributed by atoms with Crippen LogP contribution in [0.5, 0.6) is 5.75 Å². The van der Waals surface area contributed by atoms with Crippen molar-refractivity contribution in [3.8, 4) is 5.75 Å². The van der Waals surface area contributed by atoms with Crippen molar-refractivity contribution in [2.75, 3.05) is 32.8 Å². The highest BCUT2D eigenvalue weighted by Gasteiger charge is 2.63. The SMILES string of the molecule is CO/C=C1/C=C(F)C=C1[C@]1(COc2cnc(C)nc2COC)C[C@H]1C(=O)N(C)c1ccc(F)cc1. The predicted octanol–water partition coefficient (Wildman–Crippen LogP) is 4.44. The Labute approximate surface area is 202 Å². The van der Waals surface area contributed by atoms with Crippen molar-refractivity contribution in [3.63, 3.8) is 0 Å². The third-order valence-corrected chi connectivity index (χ3v) is 6.30. The first-order valence-electron chi connectivity index (χ1n) is 11.1. The lowest BCUT2D eigenvalue weighted by molar-refractivity contribution is -0.120. The van der Waals surface area contributed by atoms with E-state index in [2.05, 4.69) is 9.97 Å². The number of halogens is 2. The zero-order valence-electron chi connectivity index (χ0n) is 20.0. The van der Waals surface area contributed by atoms with Gasteiger partial charge in [-0.1, -0.05) is 0 Å². The summed E-state index contributed by atoms with van der Waals surface area (Å²) in [5, 5.41) is 0. The predicted molar refractivity (Wildman–Crippen MR) is 126 cm³/mol. The second kappa shape index (κ2) is 9.95. The maximum Gasteiger partial charge on any atom is 0.230 e. The van der Waals surface area contributed by atoms with Crippen LogP contribution in [-0.4, -0.2) is 43.7 Å². The topological polar surface area (TPSA) is 73.8 Å². The summed E-state index contributed by atoms with van der Waals surface area (Å²) < 4.78 is 44.3. The molecule has 1 aromatic carbocycles. The number of ether oxygens (including phenoxy) is 3. The molecule has 9 heteroatoms. The van der Waals surface area contributed by atoms with Gasteiger partial charge in [-0.25, -0.2) is 18.7 Å². The van der Waals surface area contributed by atoms with Gasteiger partial charge in [0.05, 0.1) is 38.7 Å². The van der Waals surface area contributed by atoms with Crippen LogP contribution in [0.25, 0.3) is 0 Å². The standard InChI is InChI=1S/C26H27F2N3O4/c1-16-29-12-24(23(30-16)14-34-4)35-15-26(21-10-19(28)9-17(21)13-33-3)11-22(26)25(32)31(2)20-7-5-18(27)6-8-20/h5-10,12-13,22H,11,14-15H2,1-4H3/b17-13-/t22-,26+/m0/s1. The Morgan fingerprint density at radius 2 is 1.97 bits per heavy atom. The third kappa shape index (κ3) is 4.95. The lowest BCUT2D eigenvalue weighted by Crippen LogP contribution is -2.32. The minimum atomic E-state index is -0.796. The Kier molecular flexibility index (Phi) is 6.98. The summed E-state index contributed by atoms with van der Waals surface area (Å²) in [4.78, 5) is 23.6. The van der Waals surface area contributed by atoms with E-state index in [1.165, 1.54) is 42.6 Å². The Bertz CT molecular complexity index is 1210. The molecule has 0 bridgehead atoms. The number of carbonyl (C=O) groups is 1. The van der Waals surface area contributed by atoms with Gasteiger partial charge in [0.25, 0.3) is 0 Å². The number of hydrogen-bond donors (Lipinski definition) is 0. The van der Waals surface area contributed by atoms with E-state index in [4.69, 9.17) is 14.2 Å². The molecular weight excluding hydrogens is 456 g/mol. The number of aromatic nitrogens is 2. The van der Waals surface area contributed by atoms with Crippen LogP contribution >= 0.6 is 0 Å². The van der Waals surface area contributed by atoms with Gasteiger partial charge in [-0.15, -0.1) is 0 Å². The second-order valence-corrected chi connectivity index (χ2v) is 8.63.